The van der Waals surface area contributed by atoms with E-state index in [0.717, 1.165) is 15.9 Å². The Hall–Kier alpha value is -2.64. The normalized spacial score (nSPS) is 11.8. The van der Waals surface area contributed by atoms with Crippen molar-refractivity contribution in [3.63, 3.8) is 0 Å². The molecule has 26 heavy (non-hydrogen) atoms. The van der Waals surface area contributed by atoms with E-state index in [-0.39, 0.29) is 0 Å². The molecule has 0 aliphatic heterocycles. The maximum Gasteiger partial charge on any atom is 0.157 e. The number of amides is 1. The van der Waals surface area contributed by atoms with Crippen molar-refractivity contribution < 1.29 is 9.90 Å². The zero-order chi connectivity index (χ0) is 18.6. The summed E-state index contributed by atoms with van der Waals surface area (Å²) >= 11 is 0. The highest BCUT2D eigenvalue weighted by molar-refractivity contribution is 7.96. The van der Waals surface area contributed by atoms with Gasteiger partial charge in [-0.25, -0.2) is 0 Å². The van der Waals surface area contributed by atoms with Gasteiger partial charge in [0, 0.05) is 0 Å². The van der Waals surface area contributed by atoms with Crippen LogP contribution in [-0.4, -0.2) is 11.4 Å². The smallest absolute Gasteiger partial charge is 0.157 e. The van der Waals surface area contributed by atoms with Gasteiger partial charge in [-0.05, 0) is 50.2 Å². The third-order valence-corrected chi connectivity index (χ3v) is 9.68. The highest BCUT2D eigenvalue weighted by Gasteiger charge is 2.58. The van der Waals surface area contributed by atoms with Gasteiger partial charge in [0.2, 0.25) is 0 Å². The topological polar surface area (TPSA) is 52.2 Å². The second-order valence-electron chi connectivity index (χ2n) is 6.65. The molecule has 0 saturated carbocycles. The minimum atomic E-state index is -2.34. The first kappa shape index (κ1) is 18.2. The van der Waals surface area contributed by atoms with Crippen LogP contribution in [0, 0.1) is 0 Å². The average Bonchev–Trinajstić information content (AvgIpc) is 2.64. The van der Waals surface area contributed by atoms with Crippen LogP contribution >= 0.6 is 7.26 Å². The molecule has 3 aromatic carbocycles. The quantitative estimate of drug-likeness (QED) is 0.709. The van der Waals surface area contributed by atoms with Crippen molar-refractivity contribution in [2.24, 2.45) is 0 Å². The van der Waals surface area contributed by atoms with Gasteiger partial charge in [-0.15, -0.1) is 0 Å². The second kappa shape index (κ2) is 7.31. The van der Waals surface area contributed by atoms with Gasteiger partial charge in [-0.3, -0.25) is 0 Å². The van der Waals surface area contributed by atoms with E-state index in [1.54, 1.807) is 0 Å². The third kappa shape index (κ3) is 3.11. The van der Waals surface area contributed by atoms with Gasteiger partial charge >= 0.3 is 0 Å². The number of rotatable bonds is 5. The molecule has 0 heterocycles. The summed E-state index contributed by atoms with van der Waals surface area (Å²) in [5.41, 5.74) is 0. The Morgan fingerprint density at radius 3 is 1.31 bits per heavy atom. The highest BCUT2D eigenvalue weighted by Crippen LogP contribution is 2.64. The monoisotopic (exact) mass is 363 g/mol. The molecule has 3 rings (SSSR count). The molecule has 0 fully saturated rings. The minimum absolute atomic E-state index is 0.754. The third-order valence-electron chi connectivity index (χ3n) is 4.68. The van der Waals surface area contributed by atoms with Crippen molar-refractivity contribution in [2.75, 3.05) is 0 Å². The van der Waals surface area contributed by atoms with Crippen LogP contribution in [0.2, 0.25) is 0 Å². The summed E-state index contributed by atoms with van der Waals surface area (Å²) in [4.78, 5) is 11.6. The molecule has 0 spiro atoms. The summed E-state index contributed by atoms with van der Waals surface area (Å²) in [6.07, 6.45) is -1.26. The van der Waals surface area contributed by atoms with Crippen LogP contribution in [-0.2, 0) is 0 Å². The number of carbonyl (C=O) groups excluding carboxylic acids is 1. The van der Waals surface area contributed by atoms with E-state index in [9.17, 15) is 9.90 Å². The predicted octanol–water partition coefficient (Wildman–Crippen LogP) is 2.65. The molecule has 0 aliphatic carbocycles. The van der Waals surface area contributed by atoms with E-state index < -0.39 is 18.6 Å². The molecular formula is C22H22NO2P. The Kier molecular flexibility index (Phi) is 5.11. The van der Waals surface area contributed by atoms with Crippen LogP contribution in [0.4, 0.5) is 4.79 Å². The molecule has 0 aliphatic rings. The minimum Gasteiger partial charge on any atom is -0.530 e. The lowest BCUT2D eigenvalue weighted by molar-refractivity contribution is -0.251. The average molecular weight is 363 g/mol. The van der Waals surface area contributed by atoms with Crippen molar-refractivity contribution in [2.45, 2.75) is 19.1 Å². The molecule has 0 radical (unpaired) electrons. The Bertz CT molecular complexity index is 768. The summed E-state index contributed by atoms with van der Waals surface area (Å²) in [6, 6.07) is 30.5. The SMILES string of the molecule is CC(C)(NC(=O)[O-])[P+](c1ccccc1)(c1ccccc1)c1ccccc1. The van der Waals surface area contributed by atoms with Crippen molar-refractivity contribution in [1.29, 1.82) is 0 Å². The highest BCUT2D eigenvalue weighted by atomic mass is 31.2. The maximum atomic E-state index is 11.6. The van der Waals surface area contributed by atoms with Gasteiger partial charge in [0.25, 0.3) is 0 Å². The molecule has 4 heteroatoms. The Morgan fingerprint density at radius 1 is 0.731 bits per heavy atom. The second-order valence-corrected chi connectivity index (χ2v) is 10.7. The molecule has 3 aromatic rings. The Balaban J connectivity index is 2.41. The number of hydrogen-bond acceptors (Lipinski definition) is 2. The van der Waals surface area contributed by atoms with Crippen LogP contribution < -0.4 is 26.3 Å². The van der Waals surface area contributed by atoms with Crippen molar-refractivity contribution in [3.8, 4) is 0 Å². The van der Waals surface area contributed by atoms with Gasteiger partial charge in [0.05, 0.1) is 0 Å². The van der Waals surface area contributed by atoms with E-state index in [0.29, 0.717) is 0 Å². The summed E-state index contributed by atoms with van der Waals surface area (Å²) < 4.78 is 0. The van der Waals surface area contributed by atoms with Gasteiger partial charge in [0.1, 0.15) is 29.3 Å². The van der Waals surface area contributed by atoms with Crippen LogP contribution in [0.5, 0.6) is 0 Å². The van der Waals surface area contributed by atoms with Crippen molar-refractivity contribution >= 4 is 29.3 Å². The molecule has 132 valence electrons. The fourth-order valence-corrected chi connectivity index (χ4v) is 8.65. The van der Waals surface area contributed by atoms with Gasteiger partial charge in [-0.1, -0.05) is 54.6 Å². The van der Waals surface area contributed by atoms with Crippen LogP contribution in [0.3, 0.4) is 0 Å². The molecule has 0 unspecified atom stereocenters. The molecule has 1 amide bonds. The van der Waals surface area contributed by atoms with E-state index in [1.807, 2.05) is 68.4 Å². The van der Waals surface area contributed by atoms with E-state index >= 15 is 0 Å². The molecule has 3 nitrogen and oxygen atoms in total. The van der Waals surface area contributed by atoms with E-state index in [2.05, 4.69) is 41.7 Å². The fraction of sp³-hybridized carbons (Fsp3) is 0.136. The van der Waals surface area contributed by atoms with Crippen molar-refractivity contribution in [1.82, 2.24) is 5.32 Å². The summed E-state index contributed by atoms with van der Waals surface area (Å²) in [5.74, 6) is 0. The summed E-state index contributed by atoms with van der Waals surface area (Å²) in [5, 5.41) is 16.9. The number of benzene rings is 3. The number of hydrogen-bond donors (Lipinski definition) is 1. The van der Waals surface area contributed by atoms with E-state index in [1.165, 1.54) is 0 Å². The molecule has 0 aromatic heterocycles. The lowest BCUT2D eigenvalue weighted by Gasteiger charge is -2.41. The lowest BCUT2D eigenvalue weighted by Crippen LogP contribution is -2.57. The maximum absolute atomic E-state index is 11.6. The number of nitrogens with one attached hydrogen (secondary N) is 1. The van der Waals surface area contributed by atoms with Gasteiger partial charge < -0.3 is 15.2 Å². The van der Waals surface area contributed by atoms with Crippen molar-refractivity contribution in [3.05, 3.63) is 91.0 Å². The molecule has 0 atom stereocenters. The van der Waals surface area contributed by atoms with Crippen LogP contribution in [0.25, 0.3) is 0 Å². The zero-order valence-electron chi connectivity index (χ0n) is 14.9. The number of carbonyl (C=O) groups is 1. The number of carboxylic acid groups (broad SMARTS) is 1. The first-order chi connectivity index (χ1) is 12.5. The summed E-state index contributed by atoms with van der Waals surface area (Å²) in [6.45, 7) is 3.90. The van der Waals surface area contributed by atoms with Gasteiger partial charge in [0.15, 0.2) is 5.28 Å². The largest absolute Gasteiger partial charge is 0.530 e. The molecule has 0 saturated heterocycles. The molecule has 1 N–H and O–H groups in total. The lowest BCUT2D eigenvalue weighted by atomic mass is 10.3. The summed E-state index contributed by atoms with van der Waals surface area (Å²) in [7, 11) is -2.34. The van der Waals surface area contributed by atoms with Gasteiger partial charge in [-0.2, -0.15) is 0 Å². The first-order valence-electron chi connectivity index (χ1n) is 8.53. The molecule has 0 bridgehead atoms. The Labute approximate surface area is 155 Å². The standard InChI is InChI=1S/C22H22NO2P/c1-22(2,23-21(24)25)26(18-12-6-3-7-13-18,19-14-8-4-9-15-19)20-16-10-5-11-17-20/h3-17,23H,1-2H3. The van der Waals surface area contributed by atoms with Crippen LogP contribution in [0.15, 0.2) is 91.0 Å². The zero-order valence-corrected chi connectivity index (χ0v) is 15.8. The fourth-order valence-electron chi connectivity index (χ4n) is 3.70. The predicted molar refractivity (Wildman–Crippen MR) is 108 cm³/mol. The van der Waals surface area contributed by atoms with Crippen LogP contribution in [0.1, 0.15) is 13.8 Å². The molecular weight excluding hydrogens is 341 g/mol. The Morgan fingerprint density at radius 2 is 1.04 bits per heavy atom. The van der Waals surface area contributed by atoms with E-state index in [4.69, 9.17) is 0 Å². The first-order valence-corrected chi connectivity index (χ1v) is 10.3.